The van der Waals surface area contributed by atoms with Crippen molar-refractivity contribution < 1.29 is 19.1 Å². The Balaban J connectivity index is 0.912. The van der Waals surface area contributed by atoms with Crippen LogP contribution >= 0.6 is 0 Å². The third-order valence-corrected chi connectivity index (χ3v) is 11.5. The standard InChI is InChI=1S/C39H43FN6O3/c1-3-25-5-4-24(2)34(14-25)45(29-8-6-28(7-9-29)39(23-41)12-13-39)19-26-17-43(18-26)30-21-44(22-30)35-15-27-20-46(38(49)31(27)16-32(35)40)33-10-11-36(47)42-37(33)48/h4-9,14-16,26,30,33,36,47H,3,10-13,17-22H2,1-2H3,(H,42,48). The number of likely N-dealkylation sites (tertiary alicyclic amines) is 1. The minimum atomic E-state index is -0.891. The number of aryl methyl sites for hydroxylation is 2. The van der Waals surface area contributed by atoms with Gasteiger partial charge in [0.1, 0.15) is 18.1 Å². The van der Waals surface area contributed by atoms with Gasteiger partial charge in [0.25, 0.3) is 5.91 Å². The van der Waals surface area contributed by atoms with E-state index in [0.29, 0.717) is 36.1 Å². The van der Waals surface area contributed by atoms with E-state index >= 15 is 4.39 Å². The van der Waals surface area contributed by atoms with Gasteiger partial charge in [0.05, 0.1) is 17.2 Å². The molecule has 4 aliphatic heterocycles. The largest absolute Gasteiger partial charge is 0.374 e. The van der Waals surface area contributed by atoms with E-state index < -0.39 is 18.1 Å². The van der Waals surface area contributed by atoms with Crippen molar-refractivity contribution in [2.45, 2.75) is 76.2 Å². The van der Waals surface area contributed by atoms with Crippen molar-refractivity contribution in [3.05, 3.63) is 88.2 Å². The number of aliphatic hydroxyl groups excluding tert-OH is 1. The predicted molar refractivity (Wildman–Crippen MR) is 185 cm³/mol. The molecule has 4 heterocycles. The van der Waals surface area contributed by atoms with Crippen molar-refractivity contribution >= 4 is 28.9 Å². The van der Waals surface area contributed by atoms with E-state index in [-0.39, 0.29) is 23.8 Å². The van der Waals surface area contributed by atoms with Crippen molar-refractivity contribution in [3.8, 4) is 6.07 Å². The molecule has 9 nitrogen and oxygen atoms in total. The lowest BCUT2D eigenvalue weighted by molar-refractivity contribution is -0.132. The molecule has 4 fully saturated rings. The average molecular weight is 663 g/mol. The Bertz CT molecular complexity index is 1840. The van der Waals surface area contributed by atoms with Crippen LogP contribution in [0, 0.1) is 30.0 Å². The first-order valence-corrected chi connectivity index (χ1v) is 17.7. The monoisotopic (exact) mass is 662 g/mol. The number of rotatable bonds is 9. The van der Waals surface area contributed by atoms with Crippen LogP contribution in [0.1, 0.15) is 65.2 Å². The van der Waals surface area contributed by atoms with Crippen molar-refractivity contribution in [3.63, 3.8) is 0 Å². The Morgan fingerprint density at radius 1 is 1.04 bits per heavy atom. The maximum Gasteiger partial charge on any atom is 0.255 e. The zero-order valence-electron chi connectivity index (χ0n) is 28.2. The minimum absolute atomic E-state index is 0.264. The highest BCUT2D eigenvalue weighted by Crippen LogP contribution is 2.48. The lowest BCUT2D eigenvalue weighted by atomic mass is 9.92. The number of carbonyl (C=O) groups excluding carboxylic acids is 2. The van der Waals surface area contributed by atoms with Gasteiger partial charge < -0.3 is 25.1 Å². The van der Waals surface area contributed by atoms with Crippen molar-refractivity contribution in [1.82, 2.24) is 15.1 Å². The number of hydrogen-bond acceptors (Lipinski definition) is 7. The summed E-state index contributed by atoms with van der Waals surface area (Å²) in [6, 6.07) is 20.7. The minimum Gasteiger partial charge on any atom is -0.374 e. The molecule has 1 aliphatic carbocycles. The SMILES string of the molecule is CCc1ccc(C)c(N(CC2CN(C3CN(c4cc5c(cc4F)C(=O)N(C4CCC(O)NC4=O)C5)C3)C2)c2ccc(C3(C#N)CC3)cc2)c1. The van der Waals surface area contributed by atoms with Crippen LogP contribution in [0.3, 0.4) is 0 Å². The van der Waals surface area contributed by atoms with Crippen LogP contribution in [0.2, 0.25) is 0 Å². The molecule has 49 heavy (non-hydrogen) atoms. The lowest BCUT2D eigenvalue weighted by Gasteiger charge is -2.53. The third kappa shape index (κ3) is 5.63. The van der Waals surface area contributed by atoms with E-state index in [2.05, 4.69) is 77.5 Å². The highest BCUT2D eigenvalue weighted by atomic mass is 19.1. The highest BCUT2D eigenvalue weighted by Gasteiger charge is 2.45. The molecule has 1 saturated carbocycles. The molecule has 0 radical (unpaired) electrons. The van der Waals surface area contributed by atoms with Gasteiger partial charge in [-0.25, -0.2) is 4.39 Å². The molecule has 2 unspecified atom stereocenters. The van der Waals surface area contributed by atoms with Gasteiger partial charge >= 0.3 is 0 Å². The van der Waals surface area contributed by atoms with Gasteiger partial charge in [-0.15, -0.1) is 0 Å². The van der Waals surface area contributed by atoms with Gasteiger partial charge in [-0.2, -0.15) is 5.26 Å². The summed E-state index contributed by atoms with van der Waals surface area (Å²) >= 11 is 0. The van der Waals surface area contributed by atoms with Crippen LogP contribution in [0.4, 0.5) is 21.5 Å². The molecule has 5 aliphatic rings. The summed E-state index contributed by atoms with van der Waals surface area (Å²) in [5.74, 6) is -0.627. The summed E-state index contributed by atoms with van der Waals surface area (Å²) in [4.78, 5) is 34.1. The molecular formula is C39H43FN6O3. The second-order valence-corrected chi connectivity index (χ2v) is 14.7. The molecule has 3 aromatic rings. The molecular weight excluding hydrogens is 619 g/mol. The molecule has 3 aromatic carbocycles. The third-order valence-electron chi connectivity index (χ3n) is 11.5. The van der Waals surface area contributed by atoms with Crippen molar-refractivity contribution in [2.24, 2.45) is 5.92 Å². The molecule has 10 heteroatoms. The number of fused-ring (bicyclic) bond motifs is 1. The van der Waals surface area contributed by atoms with Gasteiger partial charge in [0.15, 0.2) is 0 Å². The second-order valence-electron chi connectivity index (χ2n) is 14.7. The van der Waals surface area contributed by atoms with Crippen molar-refractivity contribution in [2.75, 3.05) is 42.5 Å². The van der Waals surface area contributed by atoms with E-state index in [4.69, 9.17) is 0 Å². The first-order chi connectivity index (χ1) is 23.7. The zero-order chi connectivity index (χ0) is 34.0. The Hall–Kier alpha value is -4.46. The van der Waals surface area contributed by atoms with E-state index in [1.807, 2.05) is 4.90 Å². The number of aliphatic hydroxyl groups is 1. The number of hydrogen-bond donors (Lipinski definition) is 2. The number of piperidine rings is 1. The number of nitrogens with zero attached hydrogens (tertiary/aromatic N) is 5. The van der Waals surface area contributed by atoms with E-state index in [1.54, 1.807) is 6.07 Å². The fraction of sp³-hybridized carbons (Fsp3) is 0.462. The van der Waals surface area contributed by atoms with Crippen LogP contribution < -0.4 is 15.1 Å². The summed E-state index contributed by atoms with van der Waals surface area (Å²) in [6.07, 6.45) is 2.71. The van der Waals surface area contributed by atoms with Crippen LogP contribution in [-0.4, -0.2) is 77.8 Å². The second kappa shape index (κ2) is 12.1. The number of benzene rings is 3. The van der Waals surface area contributed by atoms with E-state index in [0.717, 1.165) is 68.8 Å². The normalized spacial score (nSPS) is 23.4. The van der Waals surface area contributed by atoms with Crippen LogP contribution in [-0.2, 0) is 23.2 Å². The number of carbonyl (C=O) groups is 2. The molecule has 0 bridgehead atoms. The van der Waals surface area contributed by atoms with Crippen LogP contribution in [0.25, 0.3) is 0 Å². The van der Waals surface area contributed by atoms with Gasteiger partial charge in [0.2, 0.25) is 5.91 Å². The maximum absolute atomic E-state index is 15.4. The molecule has 0 aromatic heterocycles. The Morgan fingerprint density at radius 2 is 1.80 bits per heavy atom. The van der Waals surface area contributed by atoms with Gasteiger partial charge in [-0.1, -0.05) is 31.2 Å². The zero-order valence-corrected chi connectivity index (χ0v) is 28.2. The number of nitrogens with one attached hydrogen (secondary N) is 1. The summed E-state index contributed by atoms with van der Waals surface area (Å²) in [5, 5.41) is 22.0. The number of nitriles is 1. The van der Waals surface area contributed by atoms with Crippen LogP contribution in [0.15, 0.2) is 54.6 Å². The predicted octanol–water partition coefficient (Wildman–Crippen LogP) is 4.76. The molecule has 8 rings (SSSR count). The fourth-order valence-electron chi connectivity index (χ4n) is 8.14. The molecule has 2 amide bonds. The Kier molecular flexibility index (Phi) is 7.88. The van der Waals surface area contributed by atoms with E-state index in [1.165, 1.54) is 27.8 Å². The summed E-state index contributed by atoms with van der Waals surface area (Å²) in [6.45, 7) is 8.93. The lowest BCUT2D eigenvalue weighted by Crippen LogP contribution is -2.66. The van der Waals surface area contributed by atoms with Gasteiger partial charge in [0, 0.05) is 68.2 Å². The van der Waals surface area contributed by atoms with Crippen molar-refractivity contribution in [1.29, 1.82) is 5.26 Å². The fourth-order valence-corrected chi connectivity index (χ4v) is 8.14. The molecule has 2 atom stereocenters. The van der Waals surface area contributed by atoms with Gasteiger partial charge in [-0.3, -0.25) is 14.5 Å². The summed E-state index contributed by atoms with van der Waals surface area (Å²) in [5.41, 5.74) is 7.31. The summed E-state index contributed by atoms with van der Waals surface area (Å²) in [7, 11) is 0. The topological polar surface area (TPSA) is 103 Å². The smallest absolute Gasteiger partial charge is 0.255 e. The number of anilines is 3. The first-order valence-electron chi connectivity index (χ1n) is 17.7. The quantitative estimate of drug-likeness (QED) is 0.341. The molecule has 3 saturated heterocycles. The van der Waals surface area contributed by atoms with Gasteiger partial charge in [-0.05, 0) is 91.6 Å². The summed E-state index contributed by atoms with van der Waals surface area (Å²) < 4.78 is 15.4. The van der Waals surface area contributed by atoms with E-state index in [9.17, 15) is 20.0 Å². The maximum atomic E-state index is 15.4. The molecule has 0 spiro atoms. The average Bonchev–Trinajstić information content (AvgIpc) is 3.80. The first kappa shape index (κ1) is 31.8. The Morgan fingerprint density at radius 3 is 2.47 bits per heavy atom. The molecule has 254 valence electrons. The number of amides is 2. The number of halogens is 1. The highest BCUT2D eigenvalue weighted by molar-refractivity contribution is 6.01. The molecule has 2 N–H and O–H groups in total. The van der Waals surface area contributed by atoms with Crippen LogP contribution in [0.5, 0.6) is 0 Å². The Labute approximate surface area is 286 Å².